The van der Waals surface area contributed by atoms with Gasteiger partial charge in [0.05, 0.1) is 17.9 Å². The summed E-state index contributed by atoms with van der Waals surface area (Å²) in [5.41, 5.74) is 2.08. The van der Waals surface area contributed by atoms with Crippen molar-refractivity contribution in [3.63, 3.8) is 0 Å². The molecular weight excluding hydrogens is 338 g/mol. The molecule has 0 unspecified atom stereocenters. The van der Waals surface area contributed by atoms with Gasteiger partial charge in [0.2, 0.25) is 0 Å². The molecule has 0 atom stereocenters. The Bertz CT molecular complexity index is 839. The van der Waals surface area contributed by atoms with E-state index in [0.29, 0.717) is 29.6 Å². The summed E-state index contributed by atoms with van der Waals surface area (Å²) < 4.78 is 32.7. The van der Waals surface area contributed by atoms with E-state index in [2.05, 4.69) is 18.9 Å². The lowest BCUT2D eigenvalue weighted by atomic mass is 10.0. The van der Waals surface area contributed by atoms with Crippen LogP contribution < -0.4 is 4.18 Å². The minimum atomic E-state index is -3.93. The maximum atomic E-state index is 12.8. The molecule has 0 bridgehead atoms. The van der Waals surface area contributed by atoms with E-state index < -0.39 is 10.1 Å². The lowest BCUT2D eigenvalue weighted by Gasteiger charge is -2.12. The minimum Gasteiger partial charge on any atom is -0.379 e. The number of nitrogens with zero attached hydrogens (tertiary/aromatic N) is 3. The molecule has 1 heterocycles. The summed E-state index contributed by atoms with van der Waals surface area (Å²) in [7, 11) is 0.00107. The van der Waals surface area contributed by atoms with Crippen LogP contribution in [0.3, 0.4) is 0 Å². The number of aromatic nitrogens is 2. The first kappa shape index (κ1) is 19.5. The minimum absolute atomic E-state index is 0.154. The normalized spacial score (nSPS) is 12.2. The number of benzene rings is 1. The van der Waals surface area contributed by atoms with Gasteiger partial charge >= 0.3 is 10.1 Å². The van der Waals surface area contributed by atoms with E-state index in [9.17, 15) is 8.42 Å². The van der Waals surface area contributed by atoms with Gasteiger partial charge in [-0.2, -0.15) is 13.5 Å². The van der Waals surface area contributed by atoms with Crippen LogP contribution in [0.2, 0.25) is 0 Å². The van der Waals surface area contributed by atoms with E-state index in [4.69, 9.17) is 4.18 Å². The molecule has 1 aromatic carbocycles. The molecule has 0 N–H and O–H groups in total. The van der Waals surface area contributed by atoms with Gasteiger partial charge in [-0.1, -0.05) is 26.0 Å². The Morgan fingerprint density at radius 2 is 1.92 bits per heavy atom. The van der Waals surface area contributed by atoms with Gasteiger partial charge in [-0.25, -0.2) is 0 Å². The third kappa shape index (κ3) is 4.61. The Morgan fingerprint density at radius 3 is 2.52 bits per heavy atom. The fourth-order valence-electron chi connectivity index (χ4n) is 2.65. The van der Waals surface area contributed by atoms with Crippen molar-refractivity contribution in [2.75, 3.05) is 20.6 Å². The second-order valence-electron chi connectivity index (χ2n) is 6.79. The number of hydrogen-bond acceptors (Lipinski definition) is 5. The van der Waals surface area contributed by atoms with E-state index in [1.165, 1.54) is 0 Å². The number of likely N-dealkylation sites (N-methyl/N-ethyl adjacent to an activating group) is 1. The van der Waals surface area contributed by atoms with E-state index in [-0.39, 0.29) is 4.90 Å². The number of hydrogen-bond donors (Lipinski definition) is 0. The predicted octanol–water partition coefficient (Wildman–Crippen LogP) is 2.95. The Hall–Kier alpha value is -1.86. The molecule has 2 aromatic rings. The Balaban J connectivity index is 2.32. The zero-order chi connectivity index (χ0) is 18.8. The smallest absolute Gasteiger partial charge is 0.342 e. The Labute approximate surface area is 150 Å². The molecular formula is C18H27N3O3S. The van der Waals surface area contributed by atoms with Gasteiger partial charge in [0.25, 0.3) is 0 Å². The topological polar surface area (TPSA) is 64.4 Å². The fourth-order valence-corrected chi connectivity index (χ4v) is 3.96. The molecule has 25 heavy (non-hydrogen) atoms. The maximum Gasteiger partial charge on any atom is 0.342 e. The van der Waals surface area contributed by atoms with Crippen molar-refractivity contribution in [2.24, 2.45) is 0 Å². The van der Waals surface area contributed by atoms with Crippen LogP contribution in [0.5, 0.6) is 5.75 Å². The van der Waals surface area contributed by atoms with Gasteiger partial charge < -0.3 is 9.08 Å². The molecule has 7 heteroatoms. The molecule has 0 saturated carbocycles. The monoisotopic (exact) mass is 365 g/mol. The van der Waals surface area contributed by atoms with Crippen molar-refractivity contribution in [3.8, 4) is 5.75 Å². The molecule has 0 saturated heterocycles. The van der Waals surface area contributed by atoms with Crippen molar-refractivity contribution in [1.82, 2.24) is 14.7 Å². The van der Waals surface area contributed by atoms with Gasteiger partial charge in [-0.15, -0.1) is 0 Å². The van der Waals surface area contributed by atoms with Crippen LogP contribution in [0, 0.1) is 13.8 Å². The summed E-state index contributed by atoms with van der Waals surface area (Å²) in [6.45, 7) is 8.96. The quantitative estimate of drug-likeness (QED) is 0.706. The first-order chi connectivity index (χ1) is 11.6. The van der Waals surface area contributed by atoms with E-state index in [1.807, 2.05) is 25.1 Å². The average molecular weight is 365 g/mol. The second-order valence-corrected chi connectivity index (χ2v) is 8.27. The van der Waals surface area contributed by atoms with Gasteiger partial charge in [-0.3, -0.25) is 4.68 Å². The summed E-state index contributed by atoms with van der Waals surface area (Å²) >= 11 is 0. The fraction of sp³-hybridized carbons (Fsp3) is 0.500. The summed E-state index contributed by atoms with van der Waals surface area (Å²) in [5.74, 6) is 0.620. The molecule has 0 fully saturated rings. The van der Waals surface area contributed by atoms with Crippen LogP contribution in [-0.4, -0.2) is 43.7 Å². The molecule has 138 valence electrons. The first-order valence-electron chi connectivity index (χ1n) is 8.35. The lowest BCUT2D eigenvalue weighted by Crippen LogP contribution is -2.20. The molecule has 2 rings (SSSR count). The van der Waals surface area contributed by atoms with Crippen LogP contribution in [0.1, 0.15) is 36.7 Å². The molecule has 0 spiro atoms. The highest BCUT2D eigenvalue weighted by molar-refractivity contribution is 7.87. The lowest BCUT2D eigenvalue weighted by molar-refractivity contribution is 0.370. The first-order valence-corrected chi connectivity index (χ1v) is 9.76. The number of rotatable bonds is 7. The third-order valence-electron chi connectivity index (χ3n) is 4.05. The van der Waals surface area contributed by atoms with E-state index in [1.54, 1.807) is 36.7 Å². The zero-order valence-electron chi connectivity index (χ0n) is 15.8. The standard InChI is InChI=1S/C18H27N3O3S/c1-13(2)16-8-7-9-17(12-16)24-25(22,23)18-14(3)19-21(15(18)4)11-10-20(5)6/h7-9,12-13H,10-11H2,1-6H3. The van der Waals surface area contributed by atoms with Crippen LogP contribution in [0.25, 0.3) is 0 Å². The third-order valence-corrected chi connectivity index (χ3v) is 5.56. The average Bonchev–Trinajstić information content (AvgIpc) is 2.79. The van der Waals surface area contributed by atoms with Gasteiger partial charge in [0.1, 0.15) is 10.6 Å². The molecule has 0 radical (unpaired) electrons. The molecule has 0 aliphatic rings. The van der Waals surface area contributed by atoms with Gasteiger partial charge in [0.15, 0.2) is 0 Å². The Morgan fingerprint density at radius 1 is 1.24 bits per heavy atom. The largest absolute Gasteiger partial charge is 0.379 e. The highest BCUT2D eigenvalue weighted by Crippen LogP contribution is 2.26. The highest BCUT2D eigenvalue weighted by Gasteiger charge is 2.26. The second kappa shape index (κ2) is 7.58. The van der Waals surface area contributed by atoms with Crippen molar-refractivity contribution in [3.05, 3.63) is 41.2 Å². The summed E-state index contributed by atoms with van der Waals surface area (Å²) in [6, 6.07) is 7.19. The van der Waals surface area contributed by atoms with Crippen LogP contribution in [0.4, 0.5) is 0 Å². The summed E-state index contributed by atoms with van der Waals surface area (Å²) in [6.07, 6.45) is 0. The molecule has 0 amide bonds. The summed E-state index contributed by atoms with van der Waals surface area (Å²) in [5, 5.41) is 4.37. The zero-order valence-corrected chi connectivity index (χ0v) is 16.6. The van der Waals surface area contributed by atoms with Crippen molar-refractivity contribution in [2.45, 2.75) is 45.1 Å². The highest BCUT2D eigenvalue weighted by atomic mass is 32.2. The van der Waals surface area contributed by atoms with Gasteiger partial charge in [-0.05, 0) is 51.6 Å². The van der Waals surface area contributed by atoms with Crippen LogP contribution in [-0.2, 0) is 16.7 Å². The molecule has 1 aromatic heterocycles. The van der Waals surface area contributed by atoms with E-state index in [0.717, 1.165) is 12.1 Å². The van der Waals surface area contributed by atoms with Crippen molar-refractivity contribution in [1.29, 1.82) is 0 Å². The van der Waals surface area contributed by atoms with Crippen LogP contribution >= 0.6 is 0 Å². The summed E-state index contributed by atoms with van der Waals surface area (Å²) in [4.78, 5) is 2.18. The molecule has 0 aliphatic heterocycles. The SMILES string of the molecule is Cc1nn(CCN(C)C)c(C)c1S(=O)(=O)Oc1cccc(C(C)C)c1. The predicted molar refractivity (Wildman–Crippen MR) is 98.6 cm³/mol. The maximum absolute atomic E-state index is 12.8. The van der Waals surface area contributed by atoms with Crippen molar-refractivity contribution < 1.29 is 12.6 Å². The van der Waals surface area contributed by atoms with Crippen LogP contribution in [0.15, 0.2) is 29.2 Å². The Kier molecular flexibility index (Phi) is 5.90. The van der Waals surface area contributed by atoms with Gasteiger partial charge in [0, 0.05) is 6.54 Å². The van der Waals surface area contributed by atoms with Crippen molar-refractivity contribution >= 4 is 10.1 Å². The molecule has 6 nitrogen and oxygen atoms in total. The number of aryl methyl sites for hydroxylation is 1. The molecule has 0 aliphatic carbocycles. The van der Waals surface area contributed by atoms with E-state index >= 15 is 0 Å².